The van der Waals surface area contributed by atoms with E-state index in [9.17, 15) is 0 Å². The summed E-state index contributed by atoms with van der Waals surface area (Å²) >= 11 is 6.01. The lowest BCUT2D eigenvalue weighted by atomic mass is 10.1. The van der Waals surface area contributed by atoms with E-state index in [0.29, 0.717) is 12.0 Å². The van der Waals surface area contributed by atoms with Gasteiger partial charge in [-0.05, 0) is 49.1 Å². The number of furan rings is 1. The van der Waals surface area contributed by atoms with E-state index in [1.54, 1.807) is 0 Å². The molecule has 0 spiro atoms. The van der Waals surface area contributed by atoms with Crippen molar-refractivity contribution in [3.8, 4) is 0 Å². The summed E-state index contributed by atoms with van der Waals surface area (Å²) in [5, 5.41) is 5.39. The molecule has 1 N–H and O–H groups in total. The van der Waals surface area contributed by atoms with Gasteiger partial charge in [0, 0.05) is 10.4 Å². The van der Waals surface area contributed by atoms with Gasteiger partial charge in [-0.2, -0.15) is 0 Å². The molecule has 1 aromatic heterocycles. The van der Waals surface area contributed by atoms with Crippen molar-refractivity contribution in [2.45, 2.75) is 26.3 Å². The molecule has 96 valence electrons. The van der Waals surface area contributed by atoms with E-state index < -0.39 is 0 Å². The number of hydrogen-bond donors (Lipinski definition) is 1. The molecule has 1 aliphatic rings. The molecule has 1 aliphatic carbocycles. The van der Waals surface area contributed by atoms with Gasteiger partial charge in [0.05, 0.1) is 6.04 Å². The molecule has 3 rings (SSSR count). The molecule has 3 heteroatoms. The summed E-state index contributed by atoms with van der Waals surface area (Å²) in [5.74, 6) is 2.55. The van der Waals surface area contributed by atoms with Gasteiger partial charge in [0.25, 0.3) is 0 Å². The van der Waals surface area contributed by atoms with Crippen molar-refractivity contribution >= 4 is 22.6 Å². The summed E-state index contributed by atoms with van der Waals surface area (Å²) in [7, 11) is 0. The van der Waals surface area contributed by atoms with Gasteiger partial charge in [0.1, 0.15) is 11.3 Å². The minimum Gasteiger partial charge on any atom is -0.459 e. The van der Waals surface area contributed by atoms with Crippen LogP contribution in [0.4, 0.5) is 0 Å². The van der Waals surface area contributed by atoms with E-state index in [1.807, 2.05) is 18.2 Å². The number of rotatable bonds is 4. The molecule has 2 aromatic rings. The Hall–Kier alpha value is -0.990. The SMILES string of the molecule is CCNC(c1cc2cc(Cl)ccc2o1)C1CC1C. The van der Waals surface area contributed by atoms with Gasteiger partial charge >= 0.3 is 0 Å². The number of benzene rings is 1. The summed E-state index contributed by atoms with van der Waals surface area (Å²) < 4.78 is 5.97. The normalized spacial score (nSPS) is 24.4. The Morgan fingerprint density at radius 2 is 2.22 bits per heavy atom. The van der Waals surface area contributed by atoms with Crippen LogP contribution in [0.15, 0.2) is 28.7 Å². The quantitative estimate of drug-likeness (QED) is 0.885. The van der Waals surface area contributed by atoms with Gasteiger partial charge in [0.2, 0.25) is 0 Å². The summed E-state index contributed by atoms with van der Waals surface area (Å²) in [5.41, 5.74) is 0.922. The molecule has 1 saturated carbocycles. The van der Waals surface area contributed by atoms with Crippen LogP contribution in [-0.2, 0) is 0 Å². The molecule has 0 bridgehead atoms. The predicted octanol–water partition coefficient (Wildman–Crippen LogP) is 4.39. The maximum absolute atomic E-state index is 6.01. The lowest BCUT2D eigenvalue weighted by Crippen LogP contribution is -2.22. The van der Waals surface area contributed by atoms with Gasteiger partial charge in [-0.15, -0.1) is 0 Å². The highest BCUT2D eigenvalue weighted by molar-refractivity contribution is 6.31. The van der Waals surface area contributed by atoms with Gasteiger partial charge in [-0.3, -0.25) is 0 Å². The molecule has 1 fully saturated rings. The molecule has 3 atom stereocenters. The Morgan fingerprint density at radius 3 is 2.89 bits per heavy atom. The van der Waals surface area contributed by atoms with Gasteiger partial charge in [-0.1, -0.05) is 25.4 Å². The van der Waals surface area contributed by atoms with Crippen LogP contribution in [0.1, 0.15) is 32.1 Å². The summed E-state index contributed by atoms with van der Waals surface area (Å²) in [4.78, 5) is 0. The third kappa shape index (κ3) is 2.15. The van der Waals surface area contributed by atoms with Crippen LogP contribution in [-0.4, -0.2) is 6.54 Å². The highest BCUT2D eigenvalue weighted by atomic mass is 35.5. The van der Waals surface area contributed by atoms with Crippen LogP contribution in [0.5, 0.6) is 0 Å². The van der Waals surface area contributed by atoms with E-state index in [2.05, 4.69) is 25.2 Å². The molecule has 0 radical (unpaired) electrons. The molecule has 1 aromatic carbocycles. The average Bonchev–Trinajstić information content (AvgIpc) is 2.90. The van der Waals surface area contributed by atoms with E-state index in [1.165, 1.54) is 6.42 Å². The molecule has 0 aliphatic heterocycles. The fourth-order valence-electron chi connectivity index (χ4n) is 2.69. The average molecular weight is 264 g/mol. The van der Waals surface area contributed by atoms with Gasteiger partial charge in [0.15, 0.2) is 0 Å². The lowest BCUT2D eigenvalue weighted by Gasteiger charge is -2.14. The Bertz CT molecular complexity index is 563. The maximum Gasteiger partial charge on any atom is 0.134 e. The second-order valence-corrected chi connectivity index (χ2v) is 5.68. The van der Waals surface area contributed by atoms with Crippen LogP contribution in [0.2, 0.25) is 5.02 Å². The summed E-state index contributed by atoms with van der Waals surface area (Å²) in [6.45, 7) is 5.40. The minimum absolute atomic E-state index is 0.344. The molecular formula is C15H18ClNO. The summed E-state index contributed by atoms with van der Waals surface area (Å²) in [6, 6.07) is 8.25. The number of fused-ring (bicyclic) bond motifs is 1. The highest BCUT2D eigenvalue weighted by Crippen LogP contribution is 2.47. The topological polar surface area (TPSA) is 25.2 Å². The van der Waals surface area contributed by atoms with Gasteiger partial charge < -0.3 is 9.73 Å². The van der Waals surface area contributed by atoms with Crippen LogP contribution in [0.25, 0.3) is 11.0 Å². The van der Waals surface area contributed by atoms with Gasteiger partial charge in [-0.25, -0.2) is 0 Å². The van der Waals surface area contributed by atoms with Crippen molar-refractivity contribution in [2.75, 3.05) is 6.54 Å². The Kier molecular flexibility index (Phi) is 3.08. The zero-order valence-electron chi connectivity index (χ0n) is 10.7. The molecular weight excluding hydrogens is 246 g/mol. The van der Waals surface area contributed by atoms with Crippen molar-refractivity contribution in [1.82, 2.24) is 5.32 Å². The Morgan fingerprint density at radius 1 is 1.44 bits per heavy atom. The van der Waals surface area contributed by atoms with Crippen molar-refractivity contribution in [1.29, 1.82) is 0 Å². The smallest absolute Gasteiger partial charge is 0.134 e. The molecule has 0 saturated heterocycles. The largest absolute Gasteiger partial charge is 0.459 e. The van der Waals surface area contributed by atoms with E-state index in [4.69, 9.17) is 16.0 Å². The second kappa shape index (κ2) is 4.60. The second-order valence-electron chi connectivity index (χ2n) is 5.24. The maximum atomic E-state index is 6.01. The molecule has 2 nitrogen and oxygen atoms in total. The first-order valence-electron chi connectivity index (χ1n) is 6.61. The van der Waals surface area contributed by atoms with E-state index in [0.717, 1.165) is 34.2 Å². The molecule has 3 unspecified atom stereocenters. The van der Waals surface area contributed by atoms with Crippen molar-refractivity contribution in [3.05, 3.63) is 35.0 Å². The molecule has 18 heavy (non-hydrogen) atoms. The van der Waals surface area contributed by atoms with E-state index >= 15 is 0 Å². The number of hydrogen-bond acceptors (Lipinski definition) is 2. The van der Waals surface area contributed by atoms with E-state index in [-0.39, 0.29) is 0 Å². The highest BCUT2D eigenvalue weighted by Gasteiger charge is 2.41. The predicted molar refractivity (Wildman–Crippen MR) is 74.9 cm³/mol. The monoisotopic (exact) mass is 263 g/mol. The Balaban J connectivity index is 1.96. The minimum atomic E-state index is 0.344. The number of halogens is 1. The first-order valence-corrected chi connectivity index (χ1v) is 6.99. The molecule has 0 amide bonds. The van der Waals surface area contributed by atoms with Crippen molar-refractivity contribution < 1.29 is 4.42 Å². The third-order valence-corrected chi connectivity index (χ3v) is 4.06. The first-order chi connectivity index (χ1) is 8.69. The molecule has 1 heterocycles. The zero-order valence-corrected chi connectivity index (χ0v) is 11.5. The third-order valence-electron chi connectivity index (χ3n) is 3.83. The Labute approximate surface area is 112 Å². The van der Waals surface area contributed by atoms with Crippen LogP contribution in [0, 0.1) is 11.8 Å². The number of nitrogens with one attached hydrogen (secondary N) is 1. The summed E-state index contributed by atoms with van der Waals surface area (Å²) in [6.07, 6.45) is 1.29. The van der Waals surface area contributed by atoms with Crippen molar-refractivity contribution in [3.63, 3.8) is 0 Å². The first kappa shape index (κ1) is 12.1. The van der Waals surface area contributed by atoms with Crippen molar-refractivity contribution in [2.24, 2.45) is 11.8 Å². The zero-order chi connectivity index (χ0) is 12.7. The van der Waals surface area contributed by atoms with Crippen LogP contribution < -0.4 is 5.32 Å². The standard InChI is InChI=1S/C15H18ClNO/c1-3-17-15(12-6-9(12)2)14-8-10-7-11(16)4-5-13(10)18-14/h4-5,7-9,12,15,17H,3,6H2,1-2H3. The fourth-order valence-corrected chi connectivity index (χ4v) is 2.87. The lowest BCUT2D eigenvalue weighted by molar-refractivity contribution is 0.392. The fraction of sp³-hybridized carbons (Fsp3) is 0.467. The van der Waals surface area contributed by atoms with Crippen LogP contribution >= 0.6 is 11.6 Å². The van der Waals surface area contributed by atoms with Crippen LogP contribution in [0.3, 0.4) is 0 Å².